The molecule has 0 amide bonds. The van der Waals surface area contributed by atoms with Crippen molar-refractivity contribution in [2.24, 2.45) is 0 Å². The summed E-state index contributed by atoms with van der Waals surface area (Å²) in [6.07, 6.45) is 5.27. The number of rotatable bonds is 0. The number of pyridine rings is 2. The fourth-order valence-electron chi connectivity index (χ4n) is 1.36. The van der Waals surface area contributed by atoms with E-state index in [0.29, 0.717) is 0 Å². The smallest absolute Gasteiger partial charge is 0.114 e. The Hall–Kier alpha value is -1.32. The Morgan fingerprint density at radius 2 is 2.29 bits per heavy atom. The second-order valence-electron chi connectivity index (χ2n) is 2.73. The molecule has 3 heterocycles. The molecule has 3 rings (SSSR count). The SMILES string of the molecule is [Ir].[c-]1ccnc2ccn3cnnc3c12. The second kappa shape index (κ2) is 3.44. The molecule has 0 unspecified atom stereocenters. The molecule has 0 aromatic carbocycles. The van der Waals surface area contributed by atoms with E-state index >= 15 is 0 Å². The first-order valence-electron chi connectivity index (χ1n) is 3.90. The van der Waals surface area contributed by atoms with Crippen LogP contribution in [-0.2, 0) is 20.1 Å². The summed E-state index contributed by atoms with van der Waals surface area (Å²) in [5.41, 5.74) is 1.69. The molecule has 0 aliphatic carbocycles. The van der Waals surface area contributed by atoms with E-state index in [1.807, 2.05) is 16.7 Å². The number of nitrogens with zero attached hydrogens (tertiary/aromatic N) is 4. The quantitative estimate of drug-likeness (QED) is 0.563. The van der Waals surface area contributed by atoms with Gasteiger partial charge in [-0.2, -0.15) is 5.10 Å². The molecule has 14 heavy (non-hydrogen) atoms. The minimum Gasteiger partial charge on any atom is -0.352 e. The summed E-state index contributed by atoms with van der Waals surface area (Å²) >= 11 is 0. The van der Waals surface area contributed by atoms with E-state index in [4.69, 9.17) is 0 Å². The zero-order valence-corrected chi connectivity index (χ0v) is 9.40. The van der Waals surface area contributed by atoms with Crippen molar-refractivity contribution in [3.05, 3.63) is 36.9 Å². The van der Waals surface area contributed by atoms with E-state index in [2.05, 4.69) is 21.2 Å². The number of hydrogen-bond acceptors (Lipinski definition) is 3. The fourth-order valence-corrected chi connectivity index (χ4v) is 1.36. The van der Waals surface area contributed by atoms with E-state index in [9.17, 15) is 0 Å². The van der Waals surface area contributed by atoms with Crippen LogP contribution in [0.1, 0.15) is 0 Å². The van der Waals surface area contributed by atoms with E-state index in [-0.39, 0.29) is 20.1 Å². The third kappa shape index (κ3) is 1.22. The van der Waals surface area contributed by atoms with Gasteiger partial charge in [0.05, 0.1) is 5.65 Å². The summed E-state index contributed by atoms with van der Waals surface area (Å²) in [5.74, 6) is 0. The molecule has 0 bridgehead atoms. The molecule has 0 aliphatic heterocycles. The average Bonchev–Trinajstić information content (AvgIpc) is 2.65. The van der Waals surface area contributed by atoms with Crippen LogP contribution in [0.25, 0.3) is 16.6 Å². The van der Waals surface area contributed by atoms with Crippen molar-refractivity contribution in [3.8, 4) is 0 Å². The molecule has 0 N–H and O–H groups in total. The van der Waals surface area contributed by atoms with Crippen LogP contribution in [0, 0.1) is 6.07 Å². The molecular weight excluding hydrogens is 356 g/mol. The Morgan fingerprint density at radius 3 is 3.21 bits per heavy atom. The zero-order valence-electron chi connectivity index (χ0n) is 7.01. The molecule has 1 radical (unpaired) electrons. The van der Waals surface area contributed by atoms with Gasteiger partial charge in [0.15, 0.2) is 0 Å². The van der Waals surface area contributed by atoms with Gasteiger partial charge in [-0.1, -0.05) is 17.6 Å². The third-order valence-corrected chi connectivity index (χ3v) is 1.96. The molecule has 71 valence electrons. The van der Waals surface area contributed by atoms with Gasteiger partial charge in [-0.3, -0.25) is 0 Å². The maximum absolute atomic E-state index is 4.20. The third-order valence-electron chi connectivity index (χ3n) is 1.96. The first kappa shape index (κ1) is 9.24. The zero-order chi connectivity index (χ0) is 8.67. The van der Waals surface area contributed by atoms with Crippen LogP contribution in [0.2, 0.25) is 0 Å². The summed E-state index contributed by atoms with van der Waals surface area (Å²) in [6, 6.07) is 6.79. The van der Waals surface area contributed by atoms with Crippen molar-refractivity contribution in [1.82, 2.24) is 19.6 Å². The number of hydrogen-bond donors (Lipinski definition) is 0. The van der Waals surface area contributed by atoms with E-state index in [1.54, 1.807) is 18.6 Å². The Kier molecular flexibility index (Phi) is 2.27. The Morgan fingerprint density at radius 1 is 1.36 bits per heavy atom. The standard InChI is InChI=1S/C9H5N4.Ir/c1-2-7-8(10-4-1)3-5-13-6-11-12-9(7)13;/h1,3-6H;/q-1;. The minimum absolute atomic E-state index is 0. The number of fused-ring (bicyclic) bond motifs is 3. The first-order chi connectivity index (χ1) is 6.45. The number of aromatic nitrogens is 4. The van der Waals surface area contributed by atoms with Gasteiger partial charge in [-0.05, 0) is 11.7 Å². The molecule has 3 aromatic rings. The van der Waals surface area contributed by atoms with Gasteiger partial charge in [-0.25, -0.2) is 0 Å². The van der Waals surface area contributed by atoms with Crippen molar-refractivity contribution in [3.63, 3.8) is 0 Å². The van der Waals surface area contributed by atoms with Crippen molar-refractivity contribution < 1.29 is 20.1 Å². The molecule has 5 heteroatoms. The molecular formula is C9H5IrN4-. The summed E-state index contributed by atoms with van der Waals surface area (Å²) in [4.78, 5) is 4.20. The molecule has 0 saturated heterocycles. The second-order valence-corrected chi connectivity index (χ2v) is 2.73. The average molecular weight is 361 g/mol. The summed E-state index contributed by atoms with van der Waals surface area (Å²) in [5, 5.41) is 8.71. The summed E-state index contributed by atoms with van der Waals surface area (Å²) in [7, 11) is 0. The van der Waals surface area contributed by atoms with Gasteiger partial charge in [0.1, 0.15) is 6.33 Å². The normalized spacial score (nSPS) is 10.3. The van der Waals surface area contributed by atoms with E-state index in [0.717, 1.165) is 16.6 Å². The van der Waals surface area contributed by atoms with E-state index < -0.39 is 0 Å². The molecule has 4 nitrogen and oxygen atoms in total. The van der Waals surface area contributed by atoms with Crippen LogP contribution < -0.4 is 0 Å². The van der Waals surface area contributed by atoms with Crippen molar-refractivity contribution in [1.29, 1.82) is 0 Å². The molecule has 3 aromatic heterocycles. The van der Waals surface area contributed by atoms with E-state index in [1.165, 1.54) is 0 Å². The Bertz CT molecular complexity index is 575. The van der Waals surface area contributed by atoms with Gasteiger partial charge in [0.25, 0.3) is 0 Å². The maximum Gasteiger partial charge on any atom is 0.114 e. The van der Waals surface area contributed by atoms with Crippen LogP contribution >= 0.6 is 0 Å². The van der Waals surface area contributed by atoms with Gasteiger partial charge in [0.2, 0.25) is 0 Å². The first-order valence-corrected chi connectivity index (χ1v) is 3.90. The van der Waals surface area contributed by atoms with Crippen molar-refractivity contribution >= 4 is 16.6 Å². The maximum atomic E-state index is 4.20. The van der Waals surface area contributed by atoms with Gasteiger partial charge >= 0.3 is 0 Å². The molecule has 0 fully saturated rings. The topological polar surface area (TPSA) is 43.1 Å². The molecule has 0 aliphatic rings. The molecule has 0 saturated carbocycles. The predicted octanol–water partition coefficient (Wildman–Crippen LogP) is 1.08. The van der Waals surface area contributed by atoms with Crippen LogP contribution in [0.4, 0.5) is 0 Å². The van der Waals surface area contributed by atoms with Crippen LogP contribution in [-0.4, -0.2) is 19.6 Å². The molecule has 0 spiro atoms. The van der Waals surface area contributed by atoms with Crippen molar-refractivity contribution in [2.75, 3.05) is 0 Å². The van der Waals surface area contributed by atoms with Crippen LogP contribution in [0.3, 0.4) is 0 Å². The Balaban J connectivity index is 0.000000750. The van der Waals surface area contributed by atoms with Gasteiger partial charge < -0.3 is 9.38 Å². The van der Waals surface area contributed by atoms with Gasteiger partial charge in [0, 0.05) is 20.1 Å². The van der Waals surface area contributed by atoms with Crippen molar-refractivity contribution in [2.45, 2.75) is 0 Å². The summed E-state index contributed by atoms with van der Waals surface area (Å²) in [6.45, 7) is 0. The van der Waals surface area contributed by atoms with Crippen LogP contribution in [0.5, 0.6) is 0 Å². The minimum atomic E-state index is 0. The largest absolute Gasteiger partial charge is 0.352 e. The van der Waals surface area contributed by atoms with Gasteiger partial charge in [-0.15, -0.1) is 17.2 Å². The Labute approximate surface area is 93.3 Å². The monoisotopic (exact) mass is 362 g/mol. The molecule has 0 atom stereocenters. The fraction of sp³-hybridized carbons (Fsp3) is 0. The predicted molar refractivity (Wildman–Crippen MR) is 47.1 cm³/mol. The van der Waals surface area contributed by atoms with Crippen LogP contribution in [0.15, 0.2) is 30.9 Å². The summed E-state index contributed by atoms with van der Waals surface area (Å²) < 4.78 is 1.85.